The Balaban J connectivity index is 0.00000190. The first kappa shape index (κ1) is 23.0. The smallest absolute Gasteiger partial charge is 0.406 e. The molecule has 0 aliphatic carbocycles. The van der Waals surface area contributed by atoms with Gasteiger partial charge in [0.15, 0.2) is 0 Å². The van der Waals surface area contributed by atoms with Crippen LogP contribution in [0.15, 0.2) is 54.4 Å². The third kappa shape index (κ3) is 8.07. The van der Waals surface area contributed by atoms with Crippen LogP contribution in [0.3, 0.4) is 0 Å². The van der Waals surface area contributed by atoms with Crippen molar-refractivity contribution in [1.82, 2.24) is 4.98 Å². The fourth-order valence-corrected chi connectivity index (χ4v) is 2.22. The molecule has 1 aromatic heterocycles. The number of allylic oxidation sites excluding steroid dienone is 2. The number of terminal acetylenes is 1. The molecule has 28 heavy (non-hydrogen) atoms. The maximum absolute atomic E-state index is 12.2. The lowest BCUT2D eigenvalue weighted by atomic mass is 10.2. The van der Waals surface area contributed by atoms with Gasteiger partial charge in [-0.2, -0.15) is 0 Å². The molecule has 0 radical (unpaired) electrons. The molecule has 0 amide bonds. The molecule has 146 valence electrons. The predicted molar refractivity (Wildman–Crippen MR) is 106 cm³/mol. The van der Waals surface area contributed by atoms with E-state index in [4.69, 9.17) is 11.6 Å². The molecule has 0 N–H and O–H groups in total. The zero-order valence-corrected chi connectivity index (χ0v) is 16.1. The molecule has 0 aliphatic rings. The molecular formula is C21H18ClF3N2O. The molecule has 3 nitrogen and oxygen atoms in total. The average molecular weight is 407 g/mol. The van der Waals surface area contributed by atoms with Gasteiger partial charge in [0.1, 0.15) is 10.9 Å². The van der Waals surface area contributed by atoms with Crippen LogP contribution in [-0.2, 0) is 0 Å². The first-order valence-corrected chi connectivity index (χ1v) is 8.32. The summed E-state index contributed by atoms with van der Waals surface area (Å²) in [6.07, 6.45) is 7.34. The topological polar surface area (TPSA) is 25.4 Å². The van der Waals surface area contributed by atoms with Gasteiger partial charge in [0, 0.05) is 36.6 Å². The summed E-state index contributed by atoms with van der Waals surface area (Å²) >= 11 is 5.80. The summed E-state index contributed by atoms with van der Waals surface area (Å²) in [5.74, 6) is 5.75. The van der Waals surface area contributed by atoms with Gasteiger partial charge in [0.25, 0.3) is 0 Å². The molecule has 1 aromatic carbocycles. The second-order valence-corrected chi connectivity index (χ2v) is 5.71. The normalized spacial score (nSPS) is 10.8. The lowest BCUT2D eigenvalue weighted by molar-refractivity contribution is -0.274. The number of nitrogens with zero attached hydrogens (tertiary/aromatic N) is 2. The van der Waals surface area contributed by atoms with Crippen molar-refractivity contribution in [1.29, 1.82) is 0 Å². The van der Waals surface area contributed by atoms with E-state index in [1.54, 1.807) is 30.5 Å². The molecule has 0 saturated heterocycles. The number of anilines is 1. The fraction of sp³-hybridized carbons (Fsp3) is 0.190. The summed E-state index contributed by atoms with van der Waals surface area (Å²) in [6.45, 7) is 1.89. The minimum atomic E-state index is -4.69. The van der Waals surface area contributed by atoms with Crippen molar-refractivity contribution < 1.29 is 17.9 Å². The minimum Gasteiger partial charge on any atom is -0.406 e. The highest BCUT2D eigenvalue weighted by molar-refractivity contribution is 6.29. The van der Waals surface area contributed by atoms with Gasteiger partial charge in [-0.3, -0.25) is 0 Å². The maximum atomic E-state index is 12.2. The molecule has 2 rings (SSSR count). The largest absolute Gasteiger partial charge is 0.573 e. The summed E-state index contributed by atoms with van der Waals surface area (Å²) < 4.78 is 40.4. The highest BCUT2D eigenvalue weighted by Crippen LogP contribution is 2.26. The van der Waals surface area contributed by atoms with Gasteiger partial charge in [0.05, 0.1) is 0 Å². The zero-order chi connectivity index (χ0) is 21.2. The summed E-state index contributed by atoms with van der Waals surface area (Å²) in [5.41, 5.74) is 2.43. The SMILES string of the molecule is C#C.C/C(=C/CC#Cc1ccnc(Cl)c1)N(C)c1ccc(OC(F)(F)F)cc1. The van der Waals surface area contributed by atoms with E-state index in [-0.39, 0.29) is 5.75 Å². The van der Waals surface area contributed by atoms with Crippen LogP contribution in [0, 0.1) is 24.7 Å². The summed E-state index contributed by atoms with van der Waals surface area (Å²) in [4.78, 5) is 5.74. The van der Waals surface area contributed by atoms with Crippen molar-refractivity contribution in [3.8, 4) is 30.4 Å². The lowest BCUT2D eigenvalue weighted by Gasteiger charge is -2.20. The van der Waals surface area contributed by atoms with Crippen LogP contribution in [0.1, 0.15) is 18.9 Å². The number of rotatable bonds is 4. The van der Waals surface area contributed by atoms with E-state index >= 15 is 0 Å². The molecule has 2 aromatic rings. The van der Waals surface area contributed by atoms with Crippen LogP contribution in [-0.4, -0.2) is 18.4 Å². The number of halogens is 4. The van der Waals surface area contributed by atoms with Gasteiger partial charge in [-0.15, -0.1) is 26.0 Å². The minimum absolute atomic E-state index is 0.252. The van der Waals surface area contributed by atoms with E-state index in [1.807, 2.05) is 24.9 Å². The molecular weight excluding hydrogens is 389 g/mol. The van der Waals surface area contributed by atoms with E-state index in [2.05, 4.69) is 34.4 Å². The van der Waals surface area contributed by atoms with Gasteiger partial charge in [-0.05, 0) is 43.3 Å². The molecule has 0 bridgehead atoms. The highest BCUT2D eigenvalue weighted by Gasteiger charge is 2.30. The van der Waals surface area contributed by atoms with Gasteiger partial charge in [-0.25, -0.2) is 4.98 Å². The number of hydrogen-bond acceptors (Lipinski definition) is 3. The van der Waals surface area contributed by atoms with Crippen LogP contribution < -0.4 is 9.64 Å². The third-order valence-electron chi connectivity index (χ3n) is 3.45. The number of ether oxygens (including phenoxy) is 1. The standard InChI is InChI=1S/C19H16ClF3N2O.C2H2/c1-14(5-3-4-6-15-11-12-24-18(20)13-15)25(2)16-7-9-17(10-8-16)26-19(21,22)23;1-2/h5,7-13H,3H2,1-2H3;1-2H/b14-5-;. The average Bonchev–Trinajstić information content (AvgIpc) is 2.65. The molecule has 0 unspecified atom stereocenters. The van der Waals surface area contributed by atoms with E-state index in [0.717, 1.165) is 16.9 Å². The third-order valence-corrected chi connectivity index (χ3v) is 3.65. The summed E-state index contributed by atoms with van der Waals surface area (Å²) in [6, 6.07) is 9.12. The van der Waals surface area contributed by atoms with E-state index < -0.39 is 6.36 Å². The molecule has 0 saturated carbocycles. The Bertz CT molecular complexity index is 878. The number of hydrogen-bond donors (Lipinski definition) is 0. The van der Waals surface area contributed by atoms with Crippen molar-refractivity contribution >= 4 is 17.3 Å². The lowest BCUT2D eigenvalue weighted by Crippen LogP contribution is -2.17. The Hall–Kier alpha value is -3.09. The summed E-state index contributed by atoms with van der Waals surface area (Å²) in [7, 11) is 1.82. The first-order chi connectivity index (χ1) is 13.2. The van der Waals surface area contributed by atoms with Gasteiger partial charge in [0.2, 0.25) is 0 Å². The number of pyridine rings is 1. The zero-order valence-electron chi connectivity index (χ0n) is 15.3. The van der Waals surface area contributed by atoms with Gasteiger partial charge in [-0.1, -0.05) is 29.5 Å². The molecule has 1 heterocycles. The molecule has 0 fully saturated rings. The Morgan fingerprint density at radius 2 is 1.89 bits per heavy atom. The Labute approximate surface area is 167 Å². The fourth-order valence-electron chi connectivity index (χ4n) is 2.04. The van der Waals surface area contributed by atoms with Crippen LogP contribution in [0.4, 0.5) is 18.9 Å². The Kier molecular flexibility index (Phi) is 8.95. The second-order valence-electron chi connectivity index (χ2n) is 5.32. The van der Waals surface area contributed by atoms with Crippen molar-refractivity contribution in [2.75, 3.05) is 11.9 Å². The molecule has 0 atom stereocenters. The van der Waals surface area contributed by atoms with Crippen LogP contribution in [0.25, 0.3) is 0 Å². The number of aromatic nitrogens is 1. The van der Waals surface area contributed by atoms with Crippen LogP contribution in [0.2, 0.25) is 5.15 Å². The van der Waals surface area contributed by atoms with Crippen molar-refractivity contribution in [3.63, 3.8) is 0 Å². The molecule has 0 spiro atoms. The highest BCUT2D eigenvalue weighted by atomic mass is 35.5. The Morgan fingerprint density at radius 3 is 2.46 bits per heavy atom. The van der Waals surface area contributed by atoms with Crippen LogP contribution in [0.5, 0.6) is 5.75 Å². The van der Waals surface area contributed by atoms with Crippen molar-refractivity contribution in [2.45, 2.75) is 19.7 Å². The Morgan fingerprint density at radius 1 is 1.25 bits per heavy atom. The molecule has 7 heteroatoms. The second kappa shape index (κ2) is 10.9. The van der Waals surface area contributed by atoms with Gasteiger partial charge < -0.3 is 9.64 Å². The van der Waals surface area contributed by atoms with E-state index in [9.17, 15) is 13.2 Å². The van der Waals surface area contributed by atoms with Gasteiger partial charge >= 0.3 is 6.36 Å². The first-order valence-electron chi connectivity index (χ1n) is 7.94. The van der Waals surface area contributed by atoms with Crippen molar-refractivity contribution in [2.24, 2.45) is 0 Å². The monoisotopic (exact) mass is 406 g/mol. The van der Waals surface area contributed by atoms with E-state index in [0.29, 0.717) is 11.6 Å². The van der Waals surface area contributed by atoms with E-state index in [1.165, 1.54) is 12.1 Å². The number of benzene rings is 1. The summed E-state index contributed by atoms with van der Waals surface area (Å²) in [5, 5.41) is 0.390. The number of alkyl halides is 3. The maximum Gasteiger partial charge on any atom is 0.573 e. The quantitative estimate of drug-likeness (QED) is 0.483. The van der Waals surface area contributed by atoms with Crippen molar-refractivity contribution in [3.05, 3.63) is 65.1 Å². The van der Waals surface area contributed by atoms with Crippen LogP contribution >= 0.6 is 11.6 Å². The predicted octanol–water partition coefficient (Wildman–Crippen LogP) is 5.66. The molecule has 0 aliphatic heterocycles.